The van der Waals surface area contributed by atoms with E-state index in [0.29, 0.717) is 11.4 Å². The molecule has 0 bridgehead atoms. The maximum atomic E-state index is 10.9. The Labute approximate surface area is 97.6 Å². The van der Waals surface area contributed by atoms with Crippen LogP contribution >= 0.6 is 0 Å². The van der Waals surface area contributed by atoms with Crippen LogP contribution in [0.3, 0.4) is 0 Å². The minimum atomic E-state index is -0.438. The molecule has 1 aromatic heterocycles. The van der Waals surface area contributed by atoms with E-state index in [1.807, 2.05) is 0 Å². The number of aryl methyl sites for hydroxylation is 1. The molecule has 6 nitrogen and oxygen atoms in total. The molecule has 1 heterocycles. The van der Waals surface area contributed by atoms with Gasteiger partial charge in [-0.2, -0.15) is 5.10 Å². The van der Waals surface area contributed by atoms with E-state index >= 15 is 0 Å². The molecular weight excluding hydrogens is 222 g/mol. The van der Waals surface area contributed by atoms with Crippen molar-refractivity contribution in [1.29, 1.82) is 0 Å². The average Bonchev–Trinajstić information content (AvgIpc) is 2.71. The summed E-state index contributed by atoms with van der Waals surface area (Å²) in [6.45, 7) is 0. The lowest BCUT2D eigenvalue weighted by atomic mass is 10.1. The van der Waals surface area contributed by atoms with Gasteiger partial charge in [0.2, 0.25) is 0 Å². The molecule has 0 radical (unpaired) electrons. The predicted molar refractivity (Wildman–Crippen MR) is 61.9 cm³/mol. The van der Waals surface area contributed by atoms with Gasteiger partial charge in [-0.05, 0) is 24.3 Å². The molecule has 2 rings (SSSR count). The minimum Gasteiger partial charge on any atom is -0.497 e. The molecule has 0 aliphatic heterocycles. The van der Waals surface area contributed by atoms with Crippen molar-refractivity contribution in [3.8, 4) is 17.0 Å². The largest absolute Gasteiger partial charge is 0.497 e. The zero-order chi connectivity index (χ0) is 12.4. The second-order valence-electron chi connectivity index (χ2n) is 3.49. The zero-order valence-corrected chi connectivity index (χ0v) is 9.45. The lowest BCUT2D eigenvalue weighted by Crippen LogP contribution is -1.96. The van der Waals surface area contributed by atoms with E-state index in [0.717, 1.165) is 5.56 Å². The van der Waals surface area contributed by atoms with Crippen LogP contribution in [0.5, 0.6) is 5.75 Å². The fraction of sp³-hybridized carbons (Fsp3) is 0.182. The molecule has 1 aromatic carbocycles. The molecule has 2 aromatic rings. The molecule has 0 aliphatic rings. The van der Waals surface area contributed by atoms with Gasteiger partial charge >= 0.3 is 5.69 Å². The first-order chi connectivity index (χ1) is 8.13. The first-order valence-corrected chi connectivity index (χ1v) is 4.94. The number of rotatable bonds is 3. The SMILES string of the molecule is COc1ccc(-c2c([N+](=O)[O-])cnn2C)cc1. The number of nitro groups is 1. The van der Waals surface area contributed by atoms with Crippen LogP contribution in [0.25, 0.3) is 11.3 Å². The van der Waals surface area contributed by atoms with Crippen LogP contribution in [-0.2, 0) is 7.05 Å². The summed E-state index contributed by atoms with van der Waals surface area (Å²) >= 11 is 0. The summed E-state index contributed by atoms with van der Waals surface area (Å²) in [5, 5.41) is 14.8. The van der Waals surface area contributed by atoms with Gasteiger partial charge in [-0.3, -0.25) is 14.8 Å². The Bertz CT molecular complexity index is 546. The molecule has 0 aliphatic carbocycles. The van der Waals surface area contributed by atoms with Crippen LogP contribution in [0.2, 0.25) is 0 Å². The third-order valence-corrected chi connectivity index (χ3v) is 2.48. The Kier molecular flexibility index (Phi) is 2.78. The molecule has 0 saturated carbocycles. The molecule has 0 amide bonds. The van der Waals surface area contributed by atoms with Crippen LogP contribution in [0.4, 0.5) is 5.69 Å². The number of hydrogen-bond acceptors (Lipinski definition) is 4. The Morgan fingerprint density at radius 3 is 2.53 bits per heavy atom. The summed E-state index contributed by atoms with van der Waals surface area (Å²) in [5.41, 5.74) is 1.22. The third-order valence-electron chi connectivity index (χ3n) is 2.48. The fourth-order valence-electron chi connectivity index (χ4n) is 1.64. The third kappa shape index (κ3) is 1.96. The molecule has 0 saturated heterocycles. The van der Waals surface area contributed by atoms with Crippen LogP contribution in [-0.4, -0.2) is 21.8 Å². The Morgan fingerprint density at radius 1 is 1.35 bits per heavy atom. The number of aromatic nitrogens is 2. The Balaban J connectivity index is 2.51. The number of ether oxygens (including phenoxy) is 1. The highest BCUT2D eigenvalue weighted by Crippen LogP contribution is 2.29. The van der Waals surface area contributed by atoms with E-state index in [1.54, 1.807) is 38.4 Å². The smallest absolute Gasteiger partial charge is 0.314 e. The van der Waals surface area contributed by atoms with Gasteiger partial charge in [-0.15, -0.1) is 0 Å². The summed E-state index contributed by atoms with van der Waals surface area (Å²) in [6, 6.07) is 7.05. The second kappa shape index (κ2) is 4.25. The topological polar surface area (TPSA) is 70.2 Å². The highest BCUT2D eigenvalue weighted by atomic mass is 16.6. The summed E-state index contributed by atoms with van der Waals surface area (Å²) < 4.78 is 6.52. The quantitative estimate of drug-likeness (QED) is 0.600. The summed E-state index contributed by atoms with van der Waals surface area (Å²) in [5.74, 6) is 0.707. The van der Waals surface area contributed by atoms with Crippen molar-refractivity contribution in [1.82, 2.24) is 9.78 Å². The van der Waals surface area contributed by atoms with E-state index in [1.165, 1.54) is 10.9 Å². The maximum Gasteiger partial charge on any atom is 0.314 e. The van der Waals surface area contributed by atoms with Crippen LogP contribution in [0.15, 0.2) is 30.5 Å². The summed E-state index contributed by atoms with van der Waals surface area (Å²) in [4.78, 5) is 10.4. The molecule has 0 N–H and O–H groups in total. The standard InChI is InChI=1S/C11H11N3O3/c1-13-11(10(7-12-13)14(15)16)8-3-5-9(17-2)6-4-8/h3-7H,1-2H3. The van der Waals surface area contributed by atoms with Crippen molar-refractivity contribution in [3.63, 3.8) is 0 Å². The molecular formula is C11H11N3O3. The van der Waals surface area contributed by atoms with E-state index in [2.05, 4.69) is 5.10 Å². The second-order valence-corrected chi connectivity index (χ2v) is 3.49. The molecule has 0 fully saturated rings. The van der Waals surface area contributed by atoms with Crippen molar-refractivity contribution in [3.05, 3.63) is 40.6 Å². The van der Waals surface area contributed by atoms with Crippen molar-refractivity contribution in [2.45, 2.75) is 0 Å². The Morgan fingerprint density at radius 2 is 2.00 bits per heavy atom. The molecule has 88 valence electrons. The van der Waals surface area contributed by atoms with Crippen LogP contribution < -0.4 is 4.74 Å². The number of benzene rings is 1. The van der Waals surface area contributed by atoms with Crippen molar-refractivity contribution >= 4 is 5.69 Å². The minimum absolute atomic E-state index is 0.00216. The van der Waals surface area contributed by atoms with Gasteiger partial charge < -0.3 is 4.74 Å². The lowest BCUT2D eigenvalue weighted by Gasteiger charge is -2.03. The monoisotopic (exact) mass is 233 g/mol. The number of methoxy groups -OCH3 is 1. The fourth-order valence-corrected chi connectivity index (χ4v) is 1.64. The average molecular weight is 233 g/mol. The first-order valence-electron chi connectivity index (χ1n) is 4.94. The van der Waals surface area contributed by atoms with Crippen molar-refractivity contribution in [2.24, 2.45) is 7.05 Å². The van der Waals surface area contributed by atoms with Crippen molar-refractivity contribution in [2.75, 3.05) is 7.11 Å². The van der Waals surface area contributed by atoms with E-state index in [-0.39, 0.29) is 5.69 Å². The predicted octanol–water partition coefficient (Wildman–Crippen LogP) is 2.00. The highest BCUT2D eigenvalue weighted by Gasteiger charge is 2.20. The summed E-state index contributed by atoms with van der Waals surface area (Å²) in [6.07, 6.45) is 1.25. The van der Waals surface area contributed by atoms with Gasteiger partial charge in [0.15, 0.2) is 0 Å². The van der Waals surface area contributed by atoms with Gasteiger partial charge in [-0.25, -0.2) is 0 Å². The molecule has 0 atom stereocenters. The van der Waals surface area contributed by atoms with Crippen LogP contribution in [0, 0.1) is 10.1 Å². The molecule has 6 heteroatoms. The van der Waals surface area contributed by atoms with E-state index < -0.39 is 4.92 Å². The molecule has 17 heavy (non-hydrogen) atoms. The molecule has 0 unspecified atom stereocenters. The van der Waals surface area contributed by atoms with Gasteiger partial charge in [-0.1, -0.05) is 0 Å². The normalized spacial score (nSPS) is 10.2. The van der Waals surface area contributed by atoms with E-state index in [9.17, 15) is 10.1 Å². The van der Waals surface area contributed by atoms with Gasteiger partial charge in [0, 0.05) is 12.6 Å². The van der Waals surface area contributed by atoms with Gasteiger partial charge in [0.25, 0.3) is 0 Å². The highest BCUT2D eigenvalue weighted by molar-refractivity contribution is 5.69. The Hall–Kier alpha value is -2.37. The molecule has 0 spiro atoms. The summed E-state index contributed by atoms with van der Waals surface area (Å²) in [7, 11) is 3.24. The maximum absolute atomic E-state index is 10.9. The zero-order valence-electron chi connectivity index (χ0n) is 9.45. The number of nitrogens with zero attached hydrogens (tertiary/aromatic N) is 3. The van der Waals surface area contributed by atoms with Gasteiger partial charge in [0.05, 0.1) is 12.0 Å². The number of hydrogen-bond donors (Lipinski definition) is 0. The lowest BCUT2D eigenvalue weighted by molar-refractivity contribution is -0.384. The first kappa shape index (κ1) is 11.1. The van der Waals surface area contributed by atoms with E-state index in [4.69, 9.17) is 4.74 Å². The van der Waals surface area contributed by atoms with Crippen LogP contribution in [0.1, 0.15) is 0 Å². The van der Waals surface area contributed by atoms with Gasteiger partial charge in [0.1, 0.15) is 17.6 Å². The van der Waals surface area contributed by atoms with Crippen molar-refractivity contribution < 1.29 is 9.66 Å².